The van der Waals surface area contributed by atoms with Crippen LogP contribution in [0.25, 0.3) is 0 Å². The van der Waals surface area contributed by atoms with E-state index in [9.17, 15) is 20.3 Å². The minimum atomic E-state index is -1.20. The molecule has 2 N–H and O–H groups in total. The number of nitro groups is 1. The van der Waals surface area contributed by atoms with Crippen LogP contribution in [0.3, 0.4) is 0 Å². The maximum absolute atomic E-state index is 10.5. The molecule has 1 aromatic rings. The van der Waals surface area contributed by atoms with Crippen LogP contribution >= 0.6 is 0 Å². The van der Waals surface area contributed by atoms with Gasteiger partial charge in [-0.2, -0.15) is 10.5 Å². The Morgan fingerprint density at radius 1 is 1.33 bits per heavy atom. The molecule has 8 nitrogen and oxygen atoms in total. The standard InChI is InChI=1S/C13H12N4O4/c14-5-9(6-15)7-16-12(8-18)13(19)10-1-3-11(4-2-10)17(20)21/h1-4,7,9,12-13,18-19H,8H2/t12-,13+/m1/s1. The van der Waals surface area contributed by atoms with Crippen LogP contribution in [-0.2, 0) is 0 Å². The molecule has 0 fully saturated rings. The second-order valence-corrected chi connectivity index (χ2v) is 4.08. The van der Waals surface area contributed by atoms with Gasteiger partial charge in [-0.1, -0.05) is 0 Å². The van der Waals surface area contributed by atoms with Crippen molar-refractivity contribution in [2.24, 2.45) is 10.9 Å². The number of nitrogens with zero attached hydrogens (tertiary/aromatic N) is 4. The van der Waals surface area contributed by atoms with Crippen molar-refractivity contribution in [2.75, 3.05) is 6.61 Å². The summed E-state index contributed by atoms with van der Waals surface area (Å²) in [5.41, 5.74) is 0.214. The van der Waals surface area contributed by atoms with E-state index >= 15 is 0 Å². The van der Waals surface area contributed by atoms with E-state index in [1.54, 1.807) is 12.1 Å². The van der Waals surface area contributed by atoms with Crippen molar-refractivity contribution < 1.29 is 15.1 Å². The summed E-state index contributed by atoms with van der Waals surface area (Å²) < 4.78 is 0. The first-order valence-electron chi connectivity index (χ1n) is 5.89. The van der Waals surface area contributed by atoms with Gasteiger partial charge in [-0.05, 0) is 17.7 Å². The van der Waals surface area contributed by atoms with E-state index in [1.807, 2.05) is 0 Å². The average Bonchev–Trinajstić information content (AvgIpc) is 2.51. The molecule has 0 aliphatic rings. The number of aliphatic hydroxyl groups is 2. The Morgan fingerprint density at radius 2 is 1.90 bits per heavy atom. The normalized spacial score (nSPS) is 13.6. The second-order valence-electron chi connectivity index (χ2n) is 4.08. The molecule has 0 aliphatic carbocycles. The van der Waals surface area contributed by atoms with E-state index in [0.29, 0.717) is 5.56 Å². The molecule has 21 heavy (non-hydrogen) atoms. The highest BCUT2D eigenvalue weighted by Crippen LogP contribution is 2.22. The summed E-state index contributed by atoms with van der Waals surface area (Å²) in [7, 11) is 0. The third kappa shape index (κ3) is 4.35. The van der Waals surface area contributed by atoms with Crippen LogP contribution in [0.5, 0.6) is 0 Å². The first-order chi connectivity index (χ1) is 10.0. The highest BCUT2D eigenvalue weighted by atomic mass is 16.6. The van der Waals surface area contributed by atoms with Gasteiger partial charge >= 0.3 is 0 Å². The van der Waals surface area contributed by atoms with Crippen molar-refractivity contribution in [1.29, 1.82) is 10.5 Å². The number of benzene rings is 1. The SMILES string of the molecule is N#CC(C#N)C=N[C@H](CO)[C@@H](O)c1ccc([N+](=O)[O-])cc1. The summed E-state index contributed by atoms with van der Waals surface area (Å²) in [5, 5.41) is 47.0. The lowest BCUT2D eigenvalue weighted by Gasteiger charge is -2.17. The molecule has 2 atom stereocenters. The quantitative estimate of drug-likeness (QED) is 0.448. The molecule has 0 unspecified atom stereocenters. The molecule has 0 radical (unpaired) electrons. The summed E-state index contributed by atoms with van der Waals surface area (Å²) in [6, 6.07) is 7.56. The molecule has 0 saturated carbocycles. The summed E-state index contributed by atoms with van der Waals surface area (Å²) in [5.74, 6) is -1.07. The van der Waals surface area contributed by atoms with Gasteiger partial charge in [-0.15, -0.1) is 0 Å². The van der Waals surface area contributed by atoms with Gasteiger partial charge in [0, 0.05) is 18.3 Å². The second kappa shape index (κ2) is 7.70. The number of nitriles is 2. The molecule has 0 bridgehead atoms. The smallest absolute Gasteiger partial charge is 0.269 e. The van der Waals surface area contributed by atoms with Gasteiger partial charge in [0.25, 0.3) is 5.69 Å². The van der Waals surface area contributed by atoms with Gasteiger partial charge in [-0.25, -0.2) is 0 Å². The lowest BCUT2D eigenvalue weighted by molar-refractivity contribution is -0.384. The van der Waals surface area contributed by atoms with Gasteiger partial charge in [0.15, 0.2) is 5.92 Å². The van der Waals surface area contributed by atoms with Crippen molar-refractivity contribution in [2.45, 2.75) is 12.1 Å². The summed E-state index contributed by atoms with van der Waals surface area (Å²) in [6.45, 7) is -0.502. The van der Waals surface area contributed by atoms with Crippen molar-refractivity contribution >= 4 is 11.9 Å². The first-order valence-corrected chi connectivity index (χ1v) is 5.89. The third-order valence-electron chi connectivity index (χ3n) is 2.70. The van der Waals surface area contributed by atoms with Gasteiger partial charge in [0.1, 0.15) is 12.1 Å². The van der Waals surface area contributed by atoms with Crippen LogP contribution in [0, 0.1) is 38.7 Å². The summed E-state index contributed by atoms with van der Waals surface area (Å²) in [6.07, 6.45) is -0.153. The Hall–Kier alpha value is -2.81. The van der Waals surface area contributed by atoms with Crippen LogP contribution in [0.1, 0.15) is 11.7 Å². The average molecular weight is 288 g/mol. The van der Waals surface area contributed by atoms with Crippen LogP contribution in [-0.4, -0.2) is 34.0 Å². The fourth-order valence-corrected chi connectivity index (χ4v) is 1.54. The summed E-state index contributed by atoms with van der Waals surface area (Å²) in [4.78, 5) is 13.8. The maximum Gasteiger partial charge on any atom is 0.269 e. The van der Waals surface area contributed by atoms with Crippen molar-refractivity contribution in [1.82, 2.24) is 0 Å². The van der Waals surface area contributed by atoms with E-state index in [-0.39, 0.29) is 5.69 Å². The van der Waals surface area contributed by atoms with Gasteiger partial charge in [-0.3, -0.25) is 15.1 Å². The van der Waals surface area contributed by atoms with E-state index in [0.717, 1.165) is 6.21 Å². The predicted octanol–water partition coefficient (Wildman–Crippen LogP) is 0.723. The molecular formula is C13H12N4O4. The first kappa shape index (κ1) is 16.2. The number of aliphatic imine (C=N–C) groups is 1. The monoisotopic (exact) mass is 288 g/mol. The fraction of sp³-hybridized carbons (Fsp3) is 0.308. The van der Waals surface area contributed by atoms with Gasteiger partial charge < -0.3 is 10.2 Å². The van der Waals surface area contributed by atoms with E-state index in [2.05, 4.69) is 4.99 Å². The molecule has 1 rings (SSSR count). The lowest BCUT2D eigenvalue weighted by Crippen LogP contribution is -2.21. The molecule has 1 aromatic carbocycles. The Balaban J connectivity index is 2.88. The fourth-order valence-electron chi connectivity index (χ4n) is 1.54. The molecule has 8 heteroatoms. The third-order valence-corrected chi connectivity index (χ3v) is 2.70. The number of aliphatic hydroxyl groups excluding tert-OH is 2. The Morgan fingerprint density at radius 3 is 2.33 bits per heavy atom. The Labute approximate surface area is 120 Å². The Bertz CT molecular complexity index is 586. The zero-order valence-corrected chi connectivity index (χ0v) is 10.8. The van der Waals surface area contributed by atoms with E-state index in [1.165, 1.54) is 24.3 Å². The Kier molecular flexibility index (Phi) is 5.96. The molecule has 0 aromatic heterocycles. The van der Waals surface area contributed by atoms with E-state index < -0.39 is 29.6 Å². The van der Waals surface area contributed by atoms with Crippen molar-refractivity contribution in [3.63, 3.8) is 0 Å². The maximum atomic E-state index is 10.5. The number of hydrogen-bond donors (Lipinski definition) is 2. The van der Waals surface area contributed by atoms with Crippen LogP contribution in [0.2, 0.25) is 0 Å². The molecule has 108 valence electrons. The molecule has 0 amide bonds. The predicted molar refractivity (Wildman–Crippen MR) is 72.1 cm³/mol. The van der Waals surface area contributed by atoms with Crippen molar-refractivity contribution in [3.8, 4) is 12.1 Å². The van der Waals surface area contributed by atoms with E-state index in [4.69, 9.17) is 10.5 Å². The van der Waals surface area contributed by atoms with Crippen LogP contribution in [0.15, 0.2) is 29.3 Å². The zero-order valence-electron chi connectivity index (χ0n) is 10.8. The molecule has 0 saturated heterocycles. The van der Waals surface area contributed by atoms with Gasteiger partial charge in [0.05, 0.1) is 23.7 Å². The number of hydrogen-bond acceptors (Lipinski definition) is 7. The number of non-ortho nitro benzene ring substituents is 1. The van der Waals surface area contributed by atoms with Crippen molar-refractivity contribution in [3.05, 3.63) is 39.9 Å². The largest absolute Gasteiger partial charge is 0.394 e. The number of nitro benzene ring substituents is 1. The van der Waals surface area contributed by atoms with Crippen LogP contribution < -0.4 is 0 Å². The molecule has 0 heterocycles. The van der Waals surface area contributed by atoms with Gasteiger partial charge in [0.2, 0.25) is 0 Å². The zero-order chi connectivity index (χ0) is 15.8. The minimum absolute atomic E-state index is 0.121. The lowest BCUT2D eigenvalue weighted by atomic mass is 10.0. The topological polar surface area (TPSA) is 144 Å². The number of rotatable bonds is 6. The molecular weight excluding hydrogens is 276 g/mol. The summed E-state index contributed by atoms with van der Waals surface area (Å²) >= 11 is 0. The highest BCUT2D eigenvalue weighted by Gasteiger charge is 2.20. The highest BCUT2D eigenvalue weighted by molar-refractivity contribution is 5.67. The van der Waals surface area contributed by atoms with Crippen LogP contribution in [0.4, 0.5) is 5.69 Å². The molecule has 0 aliphatic heterocycles. The minimum Gasteiger partial charge on any atom is -0.394 e. The molecule has 0 spiro atoms.